The fraction of sp³-hybridized carbons (Fsp3) is 0.0667. The maximum Gasteiger partial charge on any atom is 0.335 e. The quantitative estimate of drug-likeness (QED) is 0.739. The van der Waals surface area contributed by atoms with Crippen molar-refractivity contribution in [3.63, 3.8) is 0 Å². The molecular weight excluding hydrogens is 274 g/mol. The third-order valence-electron chi connectivity index (χ3n) is 2.97. The summed E-state index contributed by atoms with van der Waals surface area (Å²) in [6.45, 7) is 0. The molecular formula is C15H11NO3S. The highest BCUT2D eigenvalue weighted by molar-refractivity contribution is 7.98. The van der Waals surface area contributed by atoms with E-state index in [4.69, 9.17) is 9.52 Å². The summed E-state index contributed by atoms with van der Waals surface area (Å²) in [5.74, 6) is -0.471. The molecule has 0 saturated heterocycles. The van der Waals surface area contributed by atoms with Crippen LogP contribution in [0.25, 0.3) is 22.6 Å². The summed E-state index contributed by atoms with van der Waals surface area (Å²) in [5.41, 5.74) is 2.24. The Morgan fingerprint density at radius 1 is 1.25 bits per heavy atom. The summed E-state index contributed by atoms with van der Waals surface area (Å²) >= 11 is 1.61. The van der Waals surface area contributed by atoms with Crippen molar-refractivity contribution in [1.82, 2.24) is 4.98 Å². The standard InChI is InChI=1S/C15H11NO3S/c1-20-13-5-3-2-4-10(13)14-16-11-7-6-9(15(17)18)8-12(11)19-14/h2-8H,1H3,(H,17,18). The molecule has 0 aliphatic carbocycles. The topological polar surface area (TPSA) is 63.3 Å². The normalized spacial score (nSPS) is 10.8. The van der Waals surface area contributed by atoms with Gasteiger partial charge in [-0.1, -0.05) is 12.1 Å². The number of fused-ring (bicyclic) bond motifs is 1. The number of aromatic carboxylic acids is 1. The number of rotatable bonds is 3. The lowest BCUT2D eigenvalue weighted by molar-refractivity contribution is 0.0697. The predicted octanol–water partition coefficient (Wildman–Crippen LogP) is 3.91. The smallest absolute Gasteiger partial charge is 0.335 e. The van der Waals surface area contributed by atoms with Gasteiger partial charge in [0.15, 0.2) is 5.58 Å². The lowest BCUT2D eigenvalue weighted by Gasteiger charge is -2.01. The Balaban J connectivity index is 2.15. The average Bonchev–Trinajstić information content (AvgIpc) is 2.89. The fourth-order valence-corrected chi connectivity index (χ4v) is 2.58. The van der Waals surface area contributed by atoms with E-state index < -0.39 is 5.97 Å². The summed E-state index contributed by atoms with van der Waals surface area (Å²) in [7, 11) is 0. The van der Waals surface area contributed by atoms with Gasteiger partial charge < -0.3 is 9.52 Å². The van der Waals surface area contributed by atoms with Crippen molar-refractivity contribution in [2.45, 2.75) is 4.90 Å². The minimum absolute atomic E-state index is 0.193. The van der Waals surface area contributed by atoms with Crippen molar-refractivity contribution < 1.29 is 14.3 Å². The molecule has 0 amide bonds. The van der Waals surface area contributed by atoms with E-state index in [1.807, 2.05) is 30.5 Å². The van der Waals surface area contributed by atoms with E-state index >= 15 is 0 Å². The Kier molecular flexibility index (Phi) is 3.20. The third-order valence-corrected chi connectivity index (χ3v) is 3.77. The largest absolute Gasteiger partial charge is 0.478 e. The predicted molar refractivity (Wildman–Crippen MR) is 78.2 cm³/mol. The number of oxazole rings is 1. The summed E-state index contributed by atoms with van der Waals surface area (Å²) in [6.07, 6.45) is 1.99. The summed E-state index contributed by atoms with van der Waals surface area (Å²) in [5, 5.41) is 8.98. The first-order chi connectivity index (χ1) is 9.69. The van der Waals surface area contributed by atoms with Crippen LogP contribution in [0.3, 0.4) is 0 Å². The monoisotopic (exact) mass is 285 g/mol. The van der Waals surface area contributed by atoms with Gasteiger partial charge >= 0.3 is 5.97 Å². The van der Waals surface area contributed by atoms with E-state index in [1.54, 1.807) is 17.8 Å². The molecule has 100 valence electrons. The Hall–Kier alpha value is -2.27. The number of nitrogens with zero attached hydrogens (tertiary/aromatic N) is 1. The van der Waals surface area contributed by atoms with Gasteiger partial charge in [0, 0.05) is 4.90 Å². The van der Waals surface area contributed by atoms with E-state index in [9.17, 15) is 4.79 Å². The second-order valence-corrected chi connectivity index (χ2v) is 5.06. The summed E-state index contributed by atoms with van der Waals surface area (Å²) < 4.78 is 5.70. The summed E-state index contributed by atoms with van der Waals surface area (Å²) in [4.78, 5) is 16.4. The Morgan fingerprint density at radius 2 is 2.05 bits per heavy atom. The zero-order chi connectivity index (χ0) is 14.1. The lowest BCUT2D eigenvalue weighted by atomic mass is 10.2. The number of carboxylic acid groups (broad SMARTS) is 1. The highest BCUT2D eigenvalue weighted by Crippen LogP contribution is 2.31. The molecule has 0 aliphatic heterocycles. The van der Waals surface area contributed by atoms with Gasteiger partial charge in [-0.25, -0.2) is 9.78 Å². The second kappa shape index (κ2) is 5.02. The minimum Gasteiger partial charge on any atom is -0.478 e. The van der Waals surface area contributed by atoms with E-state index in [0.29, 0.717) is 17.0 Å². The molecule has 0 atom stereocenters. The Bertz CT molecular complexity index is 795. The van der Waals surface area contributed by atoms with Crippen LogP contribution in [0.2, 0.25) is 0 Å². The first-order valence-corrected chi connectivity index (χ1v) is 7.19. The Morgan fingerprint density at radius 3 is 2.80 bits per heavy atom. The van der Waals surface area contributed by atoms with E-state index in [1.165, 1.54) is 12.1 Å². The molecule has 0 unspecified atom stereocenters. The molecule has 20 heavy (non-hydrogen) atoms. The van der Waals surface area contributed by atoms with E-state index in [0.717, 1.165) is 10.5 Å². The van der Waals surface area contributed by atoms with Gasteiger partial charge in [-0.3, -0.25) is 0 Å². The maximum atomic E-state index is 11.0. The second-order valence-electron chi connectivity index (χ2n) is 4.21. The average molecular weight is 285 g/mol. The lowest BCUT2D eigenvalue weighted by Crippen LogP contribution is -1.94. The van der Waals surface area contributed by atoms with Crippen LogP contribution in [0, 0.1) is 0 Å². The number of aromatic nitrogens is 1. The van der Waals surface area contributed by atoms with Crippen LogP contribution in [0.1, 0.15) is 10.4 Å². The number of carboxylic acids is 1. The molecule has 0 saturated carbocycles. The van der Waals surface area contributed by atoms with Crippen LogP contribution in [0.4, 0.5) is 0 Å². The van der Waals surface area contributed by atoms with Gasteiger partial charge in [-0.05, 0) is 36.6 Å². The number of benzene rings is 2. The van der Waals surface area contributed by atoms with Crippen molar-refractivity contribution in [3.8, 4) is 11.5 Å². The molecule has 2 aromatic carbocycles. The molecule has 5 heteroatoms. The third kappa shape index (κ3) is 2.16. The molecule has 3 rings (SSSR count). The fourth-order valence-electron chi connectivity index (χ4n) is 1.99. The van der Waals surface area contributed by atoms with E-state index in [2.05, 4.69) is 4.98 Å². The van der Waals surface area contributed by atoms with Crippen molar-refractivity contribution in [2.24, 2.45) is 0 Å². The first kappa shape index (κ1) is 12.7. The van der Waals surface area contributed by atoms with Gasteiger partial charge in [0.2, 0.25) is 5.89 Å². The molecule has 0 spiro atoms. The van der Waals surface area contributed by atoms with Crippen molar-refractivity contribution in [2.75, 3.05) is 6.26 Å². The first-order valence-electron chi connectivity index (χ1n) is 5.96. The molecule has 1 aromatic heterocycles. The van der Waals surface area contributed by atoms with Crippen LogP contribution in [0.15, 0.2) is 51.8 Å². The molecule has 4 nitrogen and oxygen atoms in total. The molecule has 0 bridgehead atoms. The van der Waals surface area contributed by atoms with Crippen LogP contribution < -0.4 is 0 Å². The SMILES string of the molecule is CSc1ccccc1-c1nc2ccc(C(=O)O)cc2o1. The van der Waals surface area contributed by atoms with Gasteiger partial charge in [-0.2, -0.15) is 0 Å². The molecule has 3 aromatic rings. The van der Waals surface area contributed by atoms with Gasteiger partial charge in [0.25, 0.3) is 0 Å². The number of thioether (sulfide) groups is 1. The van der Waals surface area contributed by atoms with Crippen molar-refractivity contribution in [3.05, 3.63) is 48.0 Å². The molecule has 1 N–H and O–H groups in total. The minimum atomic E-state index is -0.977. The van der Waals surface area contributed by atoms with Crippen LogP contribution in [-0.2, 0) is 0 Å². The van der Waals surface area contributed by atoms with Crippen molar-refractivity contribution >= 4 is 28.8 Å². The van der Waals surface area contributed by atoms with Crippen molar-refractivity contribution in [1.29, 1.82) is 0 Å². The number of hydrogen-bond acceptors (Lipinski definition) is 4. The maximum absolute atomic E-state index is 11.0. The molecule has 1 heterocycles. The van der Waals surface area contributed by atoms with Crippen LogP contribution in [0.5, 0.6) is 0 Å². The number of carbonyl (C=O) groups is 1. The molecule has 0 aliphatic rings. The van der Waals surface area contributed by atoms with Gasteiger partial charge in [-0.15, -0.1) is 11.8 Å². The zero-order valence-corrected chi connectivity index (χ0v) is 11.5. The molecule has 0 fully saturated rings. The Labute approximate surface area is 119 Å². The highest BCUT2D eigenvalue weighted by Gasteiger charge is 2.13. The summed E-state index contributed by atoms with van der Waals surface area (Å²) in [6, 6.07) is 12.5. The zero-order valence-electron chi connectivity index (χ0n) is 10.7. The van der Waals surface area contributed by atoms with Gasteiger partial charge in [0.05, 0.1) is 11.1 Å². The molecule has 0 radical (unpaired) electrons. The van der Waals surface area contributed by atoms with E-state index in [-0.39, 0.29) is 5.56 Å². The van der Waals surface area contributed by atoms with Crippen LogP contribution in [-0.4, -0.2) is 22.3 Å². The van der Waals surface area contributed by atoms with Gasteiger partial charge in [0.1, 0.15) is 5.52 Å². The highest BCUT2D eigenvalue weighted by atomic mass is 32.2. The number of hydrogen-bond donors (Lipinski definition) is 1. The van der Waals surface area contributed by atoms with Crippen LogP contribution >= 0.6 is 11.8 Å².